The van der Waals surface area contributed by atoms with Gasteiger partial charge in [0.1, 0.15) is 0 Å². The summed E-state index contributed by atoms with van der Waals surface area (Å²) in [5, 5.41) is 9.06. The first-order chi connectivity index (χ1) is 12.4. The second-order valence-electron chi connectivity index (χ2n) is 7.13. The smallest absolute Gasteiger partial charge is 0.306 e. The Kier molecular flexibility index (Phi) is 6.16. The molecule has 1 aliphatic carbocycles. The molecule has 1 N–H and O–H groups in total. The number of carbonyl (C=O) groups excluding carboxylic acids is 1. The Morgan fingerprint density at radius 1 is 0.808 bits per heavy atom. The molecule has 0 radical (unpaired) electrons. The van der Waals surface area contributed by atoms with E-state index < -0.39 is 16.2 Å². The van der Waals surface area contributed by atoms with E-state index in [-0.39, 0.29) is 17.7 Å². The van der Waals surface area contributed by atoms with Crippen LogP contribution < -0.4 is 0 Å². The van der Waals surface area contributed by atoms with E-state index in [1.807, 2.05) is 0 Å². The van der Waals surface area contributed by atoms with Gasteiger partial charge in [-0.1, -0.05) is 0 Å². The number of carbonyl (C=O) groups is 2. The largest absolute Gasteiger partial charge is 0.481 e. The van der Waals surface area contributed by atoms with Gasteiger partial charge in [0.05, 0.1) is 19.1 Å². The number of ether oxygens (including phenoxy) is 1. The Hall–Kier alpha value is -1.23. The van der Waals surface area contributed by atoms with Crippen LogP contribution in [0.2, 0.25) is 0 Å². The number of rotatable bonds is 4. The Morgan fingerprint density at radius 3 is 1.85 bits per heavy atom. The Bertz CT molecular complexity index is 618. The lowest BCUT2D eigenvalue weighted by atomic mass is 9.81. The molecule has 1 saturated carbocycles. The maximum atomic E-state index is 12.7. The monoisotopic (exact) mass is 389 g/mol. The van der Waals surface area contributed by atoms with Gasteiger partial charge in [-0.2, -0.15) is 17.0 Å². The molecular formula is C16H27N3O6S. The number of nitrogens with zero attached hydrogens (tertiary/aromatic N) is 3. The minimum atomic E-state index is -3.49. The van der Waals surface area contributed by atoms with Crippen LogP contribution in [0.4, 0.5) is 0 Å². The molecule has 2 saturated heterocycles. The summed E-state index contributed by atoms with van der Waals surface area (Å²) in [5.74, 6) is -1.21. The zero-order valence-corrected chi connectivity index (χ0v) is 15.7. The number of aliphatic carboxylic acids is 1. The molecule has 0 aromatic carbocycles. The molecule has 0 spiro atoms. The van der Waals surface area contributed by atoms with Gasteiger partial charge in [0.25, 0.3) is 10.2 Å². The van der Waals surface area contributed by atoms with Crippen LogP contribution in [0.15, 0.2) is 0 Å². The zero-order chi connectivity index (χ0) is 18.7. The number of hydrogen-bond acceptors (Lipinski definition) is 5. The van der Waals surface area contributed by atoms with Crippen LogP contribution in [0.1, 0.15) is 25.7 Å². The summed E-state index contributed by atoms with van der Waals surface area (Å²) >= 11 is 0. The van der Waals surface area contributed by atoms with E-state index in [4.69, 9.17) is 9.84 Å². The average Bonchev–Trinajstić information content (AvgIpc) is 2.68. The van der Waals surface area contributed by atoms with Crippen molar-refractivity contribution in [3.05, 3.63) is 0 Å². The van der Waals surface area contributed by atoms with Crippen molar-refractivity contribution in [2.75, 3.05) is 52.5 Å². The topological polar surface area (TPSA) is 107 Å². The van der Waals surface area contributed by atoms with Crippen LogP contribution in [0.5, 0.6) is 0 Å². The van der Waals surface area contributed by atoms with E-state index in [1.165, 1.54) is 8.61 Å². The summed E-state index contributed by atoms with van der Waals surface area (Å²) in [6, 6.07) is 0. The van der Waals surface area contributed by atoms with Gasteiger partial charge in [0, 0.05) is 45.2 Å². The number of hydrogen-bond donors (Lipinski definition) is 1. The fourth-order valence-electron chi connectivity index (χ4n) is 3.93. The molecule has 3 fully saturated rings. The maximum absolute atomic E-state index is 12.7. The summed E-state index contributed by atoms with van der Waals surface area (Å²) in [4.78, 5) is 25.4. The highest BCUT2D eigenvalue weighted by Gasteiger charge is 2.37. The molecule has 2 aliphatic heterocycles. The van der Waals surface area contributed by atoms with Crippen molar-refractivity contribution >= 4 is 22.1 Å². The van der Waals surface area contributed by atoms with Crippen molar-refractivity contribution in [3.8, 4) is 0 Å². The van der Waals surface area contributed by atoms with Gasteiger partial charge in [0.15, 0.2) is 0 Å². The van der Waals surface area contributed by atoms with Crippen molar-refractivity contribution in [1.29, 1.82) is 0 Å². The summed E-state index contributed by atoms with van der Waals surface area (Å²) in [5.41, 5.74) is 0. The van der Waals surface area contributed by atoms with Crippen molar-refractivity contribution in [2.24, 2.45) is 11.8 Å². The minimum Gasteiger partial charge on any atom is -0.481 e. The first kappa shape index (κ1) is 19.5. The number of carboxylic acids is 1. The Labute approximate surface area is 154 Å². The Morgan fingerprint density at radius 2 is 1.31 bits per heavy atom. The van der Waals surface area contributed by atoms with E-state index >= 15 is 0 Å². The van der Waals surface area contributed by atoms with Crippen molar-refractivity contribution in [3.63, 3.8) is 0 Å². The van der Waals surface area contributed by atoms with Gasteiger partial charge in [-0.25, -0.2) is 0 Å². The fourth-order valence-corrected chi connectivity index (χ4v) is 5.49. The lowest BCUT2D eigenvalue weighted by Gasteiger charge is -2.39. The highest BCUT2D eigenvalue weighted by Crippen LogP contribution is 2.30. The molecule has 9 nitrogen and oxygen atoms in total. The molecule has 10 heteroatoms. The molecule has 26 heavy (non-hydrogen) atoms. The van der Waals surface area contributed by atoms with E-state index in [0.29, 0.717) is 78.2 Å². The summed E-state index contributed by atoms with van der Waals surface area (Å²) < 4.78 is 33.4. The van der Waals surface area contributed by atoms with Crippen LogP contribution >= 0.6 is 0 Å². The molecule has 0 unspecified atom stereocenters. The van der Waals surface area contributed by atoms with Crippen molar-refractivity contribution in [1.82, 2.24) is 13.5 Å². The maximum Gasteiger partial charge on any atom is 0.306 e. The molecule has 3 rings (SSSR count). The second kappa shape index (κ2) is 8.20. The summed E-state index contributed by atoms with van der Waals surface area (Å²) in [6.07, 6.45) is 2.28. The lowest BCUT2D eigenvalue weighted by Crippen LogP contribution is -2.56. The zero-order valence-electron chi connectivity index (χ0n) is 14.9. The van der Waals surface area contributed by atoms with Gasteiger partial charge in [-0.3, -0.25) is 9.59 Å². The molecule has 0 atom stereocenters. The fraction of sp³-hybridized carbons (Fsp3) is 0.875. The number of morpholine rings is 1. The van der Waals surface area contributed by atoms with Crippen LogP contribution in [0.25, 0.3) is 0 Å². The standard InChI is InChI=1S/C16H27N3O6S/c20-15(13-1-3-14(4-2-13)16(21)22)17-5-7-18(8-6-17)26(23,24)19-9-11-25-12-10-19/h13-14H,1-12H2,(H,21,22). The molecule has 0 bridgehead atoms. The summed E-state index contributed by atoms with van der Waals surface area (Å²) in [7, 11) is -3.49. The third-order valence-electron chi connectivity index (χ3n) is 5.60. The van der Waals surface area contributed by atoms with E-state index in [2.05, 4.69) is 0 Å². The first-order valence-electron chi connectivity index (χ1n) is 9.24. The third kappa shape index (κ3) is 4.19. The van der Waals surface area contributed by atoms with Gasteiger partial charge < -0.3 is 14.7 Å². The normalized spacial score (nSPS) is 29.5. The SMILES string of the molecule is O=C(O)C1CCC(C(=O)N2CCN(S(=O)(=O)N3CCOCC3)CC2)CC1. The molecule has 0 aromatic rings. The molecular weight excluding hydrogens is 362 g/mol. The summed E-state index contributed by atoms with van der Waals surface area (Å²) in [6.45, 7) is 2.95. The molecule has 0 aromatic heterocycles. The number of amides is 1. The van der Waals surface area contributed by atoms with E-state index in [1.54, 1.807) is 4.90 Å². The van der Waals surface area contributed by atoms with Crippen LogP contribution in [0, 0.1) is 11.8 Å². The van der Waals surface area contributed by atoms with Gasteiger partial charge in [-0.15, -0.1) is 0 Å². The number of piperazine rings is 1. The van der Waals surface area contributed by atoms with Crippen LogP contribution in [-0.2, 0) is 24.5 Å². The highest BCUT2D eigenvalue weighted by molar-refractivity contribution is 7.86. The third-order valence-corrected chi connectivity index (χ3v) is 7.63. The molecule has 2 heterocycles. The highest BCUT2D eigenvalue weighted by atomic mass is 32.2. The van der Waals surface area contributed by atoms with Crippen LogP contribution in [0.3, 0.4) is 0 Å². The van der Waals surface area contributed by atoms with Crippen LogP contribution in [-0.4, -0.2) is 91.4 Å². The van der Waals surface area contributed by atoms with E-state index in [0.717, 1.165) is 0 Å². The Balaban J connectivity index is 1.50. The predicted molar refractivity (Wildman–Crippen MR) is 92.5 cm³/mol. The minimum absolute atomic E-state index is 0.0391. The molecule has 1 amide bonds. The quantitative estimate of drug-likeness (QED) is 0.701. The van der Waals surface area contributed by atoms with Crippen molar-refractivity contribution in [2.45, 2.75) is 25.7 Å². The van der Waals surface area contributed by atoms with E-state index in [9.17, 15) is 18.0 Å². The predicted octanol–water partition coefficient (Wildman–Crippen LogP) is -0.401. The average molecular weight is 389 g/mol. The molecule has 148 valence electrons. The lowest BCUT2D eigenvalue weighted by molar-refractivity contribution is -0.146. The van der Waals surface area contributed by atoms with Gasteiger partial charge in [-0.05, 0) is 25.7 Å². The van der Waals surface area contributed by atoms with Gasteiger partial charge in [0.2, 0.25) is 5.91 Å². The number of carboxylic acid groups (broad SMARTS) is 1. The molecule has 3 aliphatic rings. The van der Waals surface area contributed by atoms with Gasteiger partial charge >= 0.3 is 5.97 Å². The van der Waals surface area contributed by atoms with Crippen molar-refractivity contribution < 1.29 is 27.9 Å². The first-order valence-corrected chi connectivity index (χ1v) is 10.6. The second-order valence-corrected chi connectivity index (χ2v) is 9.06.